The molecule has 4 heavy (non-hydrogen) atoms. The molecule has 0 aliphatic carbocycles. The molecule has 0 fully saturated rings. The van der Waals surface area contributed by atoms with Gasteiger partial charge in [0.15, 0.2) is 0 Å². The fourth-order valence-electron chi connectivity index (χ4n) is 0. The van der Waals surface area contributed by atoms with E-state index in [1.807, 2.05) is 0 Å². The molecule has 0 saturated carbocycles. The van der Waals surface area contributed by atoms with Crippen molar-refractivity contribution in [3.8, 4) is 0 Å². The van der Waals surface area contributed by atoms with Gasteiger partial charge in [0.2, 0.25) is 0 Å². The molecule has 0 aromatic rings. The fraction of sp³-hybridized carbons (Fsp3) is 0. The molecule has 4 heteroatoms. The van der Waals surface area contributed by atoms with E-state index in [0.717, 1.165) is 0 Å². The van der Waals surface area contributed by atoms with Crippen LogP contribution in [0.2, 0.25) is 0 Å². The molecule has 24 valence electrons. The Morgan fingerprint density at radius 1 is 1.25 bits per heavy atom. The summed E-state index contributed by atoms with van der Waals surface area (Å²) in [7, 11) is 0. The zero-order chi connectivity index (χ0) is 4.00. The molecule has 0 rings (SSSR count). The van der Waals surface area contributed by atoms with Crippen molar-refractivity contribution in [1.29, 1.82) is 0 Å². The van der Waals surface area contributed by atoms with Gasteiger partial charge in [0.05, 0.1) is 0 Å². The van der Waals surface area contributed by atoms with E-state index >= 15 is 0 Å². The maximum atomic E-state index is 8.28. The van der Waals surface area contributed by atoms with Crippen LogP contribution in [0.15, 0.2) is 0 Å². The quantitative estimate of drug-likeness (QED) is 0.227. The van der Waals surface area contributed by atoms with E-state index < -0.39 is 0 Å². The van der Waals surface area contributed by atoms with Crippen LogP contribution in [0.25, 0.3) is 0 Å². The van der Waals surface area contributed by atoms with Crippen LogP contribution in [-0.4, -0.2) is 26.7 Å². The van der Waals surface area contributed by atoms with Crippen molar-refractivity contribution < 1.29 is 14.3 Å². The molecule has 0 aromatic carbocycles. The first-order valence-corrected chi connectivity index (χ1v) is 1.07. The first-order chi connectivity index (χ1) is 2.00. The van der Waals surface area contributed by atoms with E-state index in [-0.39, 0.29) is 0 Å². The number of rotatable bonds is 0. The molecule has 0 aliphatic heterocycles. The Kier molecular flexibility index (Phi) is 574. The third-order valence-corrected chi connectivity index (χ3v) is 0. The Bertz CT molecular complexity index is 3.25. The van der Waals surface area contributed by atoms with Crippen LogP contribution >= 0.6 is 0 Å². The van der Waals surface area contributed by atoms with E-state index in [2.05, 4.69) is 0 Å². The summed E-state index contributed by atoms with van der Waals surface area (Å²) >= 11 is 0.611. The summed E-state index contributed by atoms with van der Waals surface area (Å²) in [5.74, 6) is 0. The van der Waals surface area contributed by atoms with Gasteiger partial charge in [0.25, 0.3) is 0 Å². The fourth-order valence-corrected chi connectivity index (χ4v) is 0. The summed E-state index contributed by atoms with van der Waals surface area (Å²) in [6.07, 6.45) is 0. The van der Waals surface area contributed by atoms with Crippen LogP contribution in [0.4, 0.5) is 0 Å². The summed E-state index contributed by atoms with van der Waals surface area (Å²) in [5, 5.41) is 12.0. The predicted octanol–water partition coefficient (Wildman–Crippen LogP) is -0.750. The third-order valence-electron chi connectivity index (χ3n) is 0. The Morgan fingerprint density at radius 2 is 1.25 bits per heavy atom. The van der Waals surface area contributed by atoms with Gasteiger partial charge in [-0.25, -0.2) is 0 Å². The first-order valence-electron chi connectivity index (χ1n) is 0.489. The normalized spacial score (nSPS) is 2.25. The van der Waals surface area contributed by atoms with Crippen LogP contribution in [0, 0.1) is 0 Å². The van der Waals surface area contributed by atoms with Gasteiger partial charge < -0.3 is 0 Å². The second-order valence-corrected chi connectivity index (χ2v) is 0. The topological polar surface area (TPSA) is 57.5 Å². The molecule has 0 spiro atoms. The third kappa shape index (κ3) is 55.4. The van der Waals surface area contributed by atoms with Crippen molar-refractivity contribution in [3.05, 3.63) is 0 Å². The molecular weight excluding hydrogens is 75.0 g/mol. The molecule has 0 heterocycles. The van der Waals surface area contributed by atoms with E-state index in [1.54, 1.807) is 0 Å². The van der Waals surface area contributed by atoms with E-state index in [1.165, 1.54) is 0 Å². The molecule has 0 atom stereocenters. The number of hydrogen-bond acceptors (Lipinski definition) is 3. The monoisotopic (exact) mass is 78.0 g/mol. The SMILES string of the molecule is OO.[O]=[AlH]. The van der Waals surface area contributed by atoms with Crippen LogP contribution in [0.3, 0.4) is 0 Å². The van der Waals surface area contributed by atoms with Crippen LogP contribution in [0.1, 0.15) is 0 Å². The van der Waals surface area contributed by atoms with Gasteiger partial charge in [-0.1, -0.05) is 0 Å². The van der Waals surface area contributed by atoms with Gasteiger partial charge in [0.1, 0.15) is 0 Å². The Hall–Kier alpha value is 0.252. The van der Waals surface area contributed by atoms with Crippen molar-refractivity contribution in [1.82, 2.24) is 0 Å². The van der Waals surface area contributed by atoms with Crippen LogP contribution in [-0.2, 0) is 3.80 Å². The van der Waals surface area contributed by atoms with E-state index in [4.69, 9.17) is 14.3 Å². The molecule has 0 amide bonds. The second kappa shape index (κ2) is 259. The van der Waals surface area contributed by atoms with Crippen molar-refractivity contribution in [3.63, 3.8) is 0 Å². The summed E-state index contributed by atoms with van der Waals surface area (Å²) in [6.45, 7) is 0. The summed E-state index contributed by atoms with van der Waals surface area (Å²) in [5.41, 5.74) is 0. The van der Waals surface area contributed by atoms with Gasteiger partial charge in [-0.15, -0.1) is 0 Å². The van der Waals surface area contributed by atoms with Crippen molar-refractivity contribution in [2.75, 3.05) is 0 Å². The minimum atomic E-state index is 0.611. The van der Waals surface area contributed by atoms with Gasteiger partial charge in [-0.3, -0.25) is 10.5 Å². The van der Waals surface area contributed by atoms with Crippen molar-refractivity contribution in [2.24, 2.45) is 0 Å². The average molecular weight is 78.0 g/mol. The molecule has 0 unspecified atom stereocenters. The first kappa shape index (κ1) is 8.87. The molecule has 3 nitrogen and oxygen atoms in total. The Balaban J connectivity index is 0. The zero-order valence-corrected chi connectivity index (χ0v) is 3.42. The molecule has 2 N–H and O–H groups in total. The Labute approximate surface area is 31.4 Å². The zero-order valence-electron chi connectivity index (χ0n) is 2.01. The van der Waals surface area contributed by atoms with Gasteiger partial charge in [-0.05, 0) is 0 Å². The molecular formula is H3AlO3. The maximum absolute atomic E-state index is 8.28. The van der Waals surface area contributed by atoms with Crippen molar-refractivity contribution >= 4 is 16.2 Å². The Morgan fingerprint density at radius 3 is 1.25 bits per heavy atom. The van der Waals surface area contributed by atoms with Crippen LogP contribution < -0.4 is 0 Å². The predicted molar refractivity (Wildman–Crippen MR) is 13.1 cm³/mol. The summed E-state index contributed by atoms with van der Waals surface area (Å²) < 4.78 is 8.28. The van der Waals surface area contributed by atoms with Gasteiger partial charge in [0, 0.05) is 0 Å². The number of hydrogen-bond donors (Lipinski definition) is 2. The average Bonchev–Trinajstić information content (AvgIpc) is 1.50. The standard InChI is InChI=1S/Al.H2O2.O.H/c;1-2;;/h;1-2H;;. The van der Waals surface area contributed by atoms with E-state index in [0.29, 0.717) is 16.2 Å². The van der Waals surface area contributed by atoms with Crippen LogP contribution in [0.5, 0.6) is 0 Å². The second-order valence-electron chi connectivity index (χ2n) is 0. The molecule has 0 saturated heterocycles. The van der Waals surface area contributed by atoms with Gasteiger partial charge >= 0.3 is 20.0 Å². The van der Waals surface area contributed by atoms with Gasteiger partial charge in [-0.2, -0.15) is 0 Å². The van der Waals surface area contributed by atoms with E-state index in [9.17, 15) is 0 Å². The van der Waals surface area contributed by atoms with Crippen molar-refractivity contribution in [2.45, 2.75) is 0 Å². The molecule has 0 aliphatic rings. The summed E-state index contributed by atoms with van der Waals surface area (Å²) in [6, 6.07) is 0. The molecule has 0 bridgehead atoms. The minimum absolute atomic E-state index is 0.611. The summed E-state index contributed by atoms with van der Waals surface area (Å²) in [4.78, 5) is 0. The molecule has 0 radical (unpaired) electrons. The molecule has 0 aromatic heterocycles.